The summed E-state index contributed by atoms with van der Waals surface area (Å²) in [4.78, 5) is 36.2. The van der Waals surface area contributed by atoms with Crippen molar-refractivity contribution >= 4 is 17.8 Å². The molecule has 1 aromatic carbocycles. The number of carboxylic acid groups (broad SMARTS) is 1. The Morgan fingerprint density at radius 2 is 1.71 bits per heavy atom. The molecule has 2 amide bonds. The second-order valence-electron chi connectivity index (χ2n) is 5.12. The van der Waals surface area contributed by atoms with Gasteiger partial charge in [-0.3, -0.25) is 9.59 Å². The maximum Gasteiger partial charge on any atom is 0.336 e. The summed E-state index contributed by atoms with van der Waals surface area (Å²) < 4.78 is 0. The van der Waals surface area contributed by atoms with Gasteiger partial charge in [0.15, 0.2) is 0 Å². The summed E-state index contributed by atoms with van der Waals surface area (Å²) in [6.45, 7) is 2.50. The number of aromatic carboxylic acids is 1. The molecule has 6 heteroatoms. The summed E-state index contributed by atoms with van der Waals surface area (Å²) in [5, 5.41) is 12.0. The maximum atomic E-state index is 12.4. The molecule has 0 saturated carbocycles. The zero-order valence-corrected chi connectivity index (χ0v) is 11.8. The van der Waals surface area contributed by atoms with Gasteiger partial charge in [-0.15, -0.1) is 0 Å². The summed E-state index contributed by atoms with van der Waals surface area (Å²) in [6.07, 6.45) is 1.36. The van der Waals surface area contributed by atoms with Crippen LogP contribution in [0.15, 0.2) is 24.3 Å². The lowest BCUT2D eigenvalue weighted by Gasteiger charge is -2.32. The number of carbonyl (C=O) groups excluding carboxylic acids is 2. The molecule has 1 aliphatic heterocycles. The first kappa shape index (κ1) is 15.0. The van der Waals surface area contributed by atoms with Crippen LogP contribution in [-0.4, -0.2) is 46.9 Å². The van der Waals surface area contributed by atoms with Gasteiger partial charge in [0.05, 0.1) is 11.1 Å². The molecule has 0 aliphatic carbocycles. The summed E-state index contributed by atoms with van der Waals surface area (Å²) in [7, 11) is 0. The summed E-state index contributed by atoms with van der Waals surface area (Å²) in [5.41, 5.74) is 0.231. The van der Waals surface area contributed by atoms with E-state index in [0.717, 1.165) is 0 Å². The quantitative estimate of drug-likeness (QED) is 0.873. The van der Waals surface area contributed by atoms with E-state index in [2.05, 4.69) is 5.32 Å². The summed E-state index contributed by atoms with van der Waals surface area (Å²) in [6, 6.07) is 6.31. The average Bonchev–Trinajstić information content (AvgIpc) is 2.46. The van der Waals surface area contributed by atoms with Gasteiger partial charge in [0.1, 0.15) is 0 Å². The van der Waals surface area contributed by atoms with Crippen molar-refractivity contribution in [3.05, 3.63) is 35.4 Å². The normalized spacial score (nSPS) is 15.6. The lowest BCUT2D eigenvalue weighted by molar-refractivity contribution is -0.119. The highest BCUT2D eigenvalue weighted by Crippen LogP contribution is 2.17. The van der Waals surface area contributed by atoms with E-state index in [-0.39, 0.29) is 29.0 Å². The average molecular weight is 290 g/mol. The van der Waals surface area contributed by atoms with Crippen molar-refractivity contribution in [1.29, 1.82) is 0 Å². The van der Waals surface area contributed by atoms with E-state index in [4.69, 9.17) is 5.11 Å². The third-order valence-corrected chi connectivity index (χ3v) is 3.58. The number of amides is 2. The molecule has 1 heterocycles. The Kier molecular flexibility index (Phi) is 4.57. The number of rotatable bonds is 3. The fourth-order valence-electron chi connectivity index (χ4n) is 2.54. The Labute approximate surface area is 122 Å². The molecule has 1 fully saturated rings. The van der Waals surface area contributed by atoms with Crippen molar-refractivity contribution in [3.8, 4) is 0 Å². The van der Waals surface area contributed by atoms with Gasteiger partial charge in [0.2, 0.25) is 5.91 Å². The number of nitrogens with zero attached hydrogens (tertiary/aromatic N) is 1. The smallest absolute Gasteiger partial charge is 0.336 e. The molecule has 1 aromatic rings. The van der Waals surface area contributed by atoms with Crippen molar-refractivity contribution in [3.63, 3.8) is 0 Å². The van der Waals surface area contributed by atoms with Crippen LogP contribution in [0.1, 0.15) is 40.5 Å². The minimum atomic E-state index is -1.10. The zero-order valence-electron chi connectivity index (χ0n) is 11.8. The highest BCUT2D eigenvalue weighted by atomic mass is 16.4. The molecule has 0 spiro atoms. The topological polar surface area (TPSA) is 86.7 Å². The predicted octanol–water partition coefficient (Wildman–Crippen LogP) is 1.13. The van der Waals surface area contributed by atoms with E-state index in [0.29, 0.717) is 25.9 Å². The number of likely N-dealkylation sites (tertiary alicyclic amines) is 1. The molecular formula is C15H18N2O4. The van der Waals surface area contributed by atoms with Gasteiger partial charge in [0.25, 0.3) is 5.91 Å². The second-order valence-corrected chi connectivity index (χ2v) is 5.12. The van der Waals surface area contributed by atoms with Crippen LogP contribution in [0.3, 0.4) is 0 Å². The van der Waals surface area contributed by atoms with Crippen molar-refractivity contribution in [2.75, 3.05) is 13.1 Å². The summed E-state index contributed by atoms with van der Waals surface area (Å²) >= 11 is 0. The maximum absolute atomic E-state index is 12.4. The Morgan fingerprint density at radius 1 is 1.14 bits per heavy atom. The van der Waals surface area contributed by atoms with Gasteiger partial charge >= 0.3 is 5.97 Å². The third kappa shape index (κ3) is 3.59. The number of carboxylic acids is 1. The molecule has 2 N–H and O–H groups in total. The molecule has 21 heavy (non-hydrogen) atoms. The van der Waals surface area contributed by atoms with E-state index in [1.807, 2.05) is 0 Å². The fraction of sp³-hybridized carbons (Fsp3) is 0.400. The number of benzene rings is 1. The second kappa shape index (κ2) is 6.39. The predicted molar refractivity (Wildman–Crippen MR) is 76.1 cm³/mol. The number of hydrogen-bond donors (Lipinski definition) is 2. The van der Waals surface area contributed by atoms with Gasteiger partial charge in [0, 0.05) is 26.1 Å². The molecule has 1 saturated heterocycles. The van der Waals surface area contributed by atoms with Crippen LogP contribution in [0.25, 0.3) is 0 Å². The van der Waals surface area contributed by atoms with Gasteiger partial charge < -0.3 is 15.3 Å². The Morgan fingerprint density at radius 3 is 2.24 bits per heavy atom. The molecule has 0 atom stereocenters. The number of nitrogens with one attached hydrogen (secondary N) is 1. The molecule has 0 bridgehead atoms. The molecule has 0 radical (unpaired) electrons. The molecule has 1 aliphatic rings. The van der Waals surface area contributed by atoms with E-state index in [1.165, 1.54) is 19.1 Å². The summed E-state index contributed by atoms with van der Waals surface area (Å²) in [5.74, 6) is -1.45. The van der Waals surface area contributed by atoms with Gasteiger partial charge in [-0.25, -0.2) is 4.79 Å². The Hall–Kier alpha value is -2.37. The van der Waals surface area contributed by atoms with E-state index in [9.17, 15) is 14.4 Å². The SMILES string of the molecule is CC(=O)NC1CCN(C(=O)c2ccccc2C(=O)O)CC1. The van der Waals surface area contributed by atoms with Crippen molar-refractivity contribution in [2.24, 2.45) is 0 Å². The number of piperidine rings is 1. The van der Waals surface area contributed by atoms with Crippen molar-refractivity contribution < 1.29 is 19.5 Å². The minimum absolute atomic E-state index is 0.0199. The van der Waals surface area contributed by atoms with Crippen molar-refractivity contribution in [2.45, 2.75) is 25.8 Å². The third-order valence-electron chi connectivity index (χ3n) is 3.58. The van der Waals surface area contributed by atoms with Gasteiger partial charge in [-0.2, -0.15) is 0 Å². The molecule has 0 aromatic heterocycles. The first-order valence-electron chi connectivity index (χ1n) is 6.87. The van der Waals surface area contributed by atoms with Gasteiger partial charge in [-0.1, -0.05) is 12.1 Å². The molecular weight excluding hydrogens is 272 g/mol. The highest BCUT2D eigenvalue weighted by molar-refractivity contribution is 6.04. The van der Waals surface area contributed by atoms with Crippen LogP contribution in [0.2, 0.25) is 0 Å². The van der Waals surface area contributed by atoms with Crippen LogP contribution in [0.5, 0.6) is 0 Å². The Bertz CT molecular complexity index is 563. The van der Waals surface area contributed by atoms with Crippen molar-refractivity contribution in [1.82, 2.24) is 10.2 Å². The monoisotopic (exact) mass is 290 g/mol. The standard InChI is InChI=1S/C15H18N2O4/c1-10(18)16-11-6-8-17(9-7-11)14(19)12-4-2-3-5-13(12)15(20)21/h2-5,11H,6-9H2,1H3,(H,16,18)(H,20,21). The lowest BCUT2D eigenvalue weighted by atomic mass is 10.0. The van der Waals surface area contributed by atoms with Crippen LogP contribution in [0.4, 0.5) is 0 Å². The highest BCUT2D eigenvalue weighted by Gasteiger charge is 2.26. The van der Waals surface area contributed by atoms with Gasteiger partial charge in [-0.05, 0) is 25.0 Å². The first-order valence-corrected chi connectivity index (χ1v) is 6.87. The van der Waals surface area contributed by atoms with E-state index in [1.54, 1.807) is 17.0 Å². The largest absolute Gasteiger partial charge is 0.478 e. The molecule has 0 unspecified atom stereocenters. The minimum Gasteiger partial charge on any atom is -0.478 e. The van der Waals surface area contributed by atoms with E-state index >= 15 is 0 Å². The molecule has 2 rings (SSSR count). The zero-order chi connectivity index (χ0) is 15.4. The Balaban J connectivity index is 2.06. The van der Waals surface area contributed by atoms with Crippen LogP contribution in [0, 0.1) is 0 Å². The van der Waals surface area contributed by atoms with E-state index < -0.39 is 5.97 Å². The lowest BCUT2D eigenvalue weighted by Crippen LogP contribution is -2.46. The van der Waals surface area contributed by atoms with Crippen LogP contribution >= 0.6 is 0 Å². The van der Waals surface area contributed by atoms with Crippen LogP contribution < -0.4 is 5.32 Å². The molecule has 6 nitrogen and oxygen atoms in total. The molecule has 112 valence electrons. The number of hydrogen-bond acceptors (Lipinski definition) is 3. The fourth-order valence-corrected chi connectivity index (χ4v) is 2.54. The first-order chi connectivity index (χ1) is 9.99. The van der Waals surface area contributed by atoms with Crippen LogP contribution in [-0.2, 0) is 4.79 Å². The number of carbonyl (C=O) groups is 3.